The first-order valence-corrected chi connectivity index (χ1v) is 8.72. The molecule has 7 heteroatoms. The lowest BCUT2D eigenvalue weighted by Crippen LogP contribution is -2.14. The lowest BCUT2D eigenvalue weighted by Gasteiger charge is -2.13. The van der Waals surface area contributed by atoms with E-state index in [4.69, 9.17) is 0 Å². The van der Waals surface area contributed by atoms with Crippen molar-refractivity contribution >= 4 is 11.6 Å². The molecule has 4 aromatic rings. The molecule has 0 radical (unpaired) electrons. The Morgan fingerprint density at radius 3 is 2.81 bits per heavy atom. The van der Waals surface area contributed by atoms with Crippen molar-refractivity contribution in [2.75, 3.05) is 11.9 Å². The molecular formula is C19H21N7. The van der Waals surface area contributed by atoms with Gasteiger partial charge in [-0.2, -0.15) is 14.6 Å². The fourth-order valence-electron chi connectivity index (χ4n) is 2.90. The predicted molar refractivity (Wildman–Crippen MR) is 101 cm³/mol. The SMILES string of the molecule is CC(C)c1cc(NCCn2cncc2-c2ccccc2)n2ncnc2n1. The van der Waals surface area contributed by atoms with Crippen molar-refractivity contribution < 1.29 is 0 Å². The van der Waals surface area contributed by atoms with Crippen LogP contribution in [0, 0.1) is 0 Å². The Morgan fingerprint density at radius 1 is 1.15 bits per heavy atom. The molecule has 0 saturated carbocycles. The number of nitrogens with zero attached hydrogens (tertiary/aromatic N) is 6. The van der Waals surface area contributed by atoms with Crippen LogP contribution in [0.4, 0.5) is 5.82 Å². The zero-order chi connectivity index (χ0) is 17.9. The Kier molecular flexibility index (Phi) is 4.35. The van der Waals surface area contributed by atoms with Gasteiger partial charge in [-0.15, -0.1) is 0 Å². The summed E-state index contributed by atoms with van der Waals surface area (Å²) in [6, 6.07) is 12.3. The van der Waals surface area contributed by atoms with E-state index in [1.54, 1.807) is 4.52 Å². The van der Waals surface area contributed by atoms with Crippen LogP contribution in [0.25, 0.3) is 17.0 Å². The maximum absolute atomic E-state index is 4.54. The monoisotopic (exact) mass is 347 g/mol. The highest BCUT2D eigenvalue weighted by Gasteiger charge is 2.10. The summed E-state index contributed by atoms with van der Waals surface area (Å²) < 4.78 is 3.88. The second-order valence-electron chi connectivity index (χ2n) is 6.46. The highest BCUT2D eigenvalue weighted by Crippen LogP contribution is 2.19. The average molecular weight is 347 g/mol. The molecule has 7 nitrogen and oxygen atoms in total. The van der Waals surface area contributed by atoms with Crippen LogP contribution in [0.5, 0.6) is 0 Å². The van der Waals surface area contributed by atoms with Gasteiger partial charge in [0.25, 0.3) is 5.78 Å². The average Bonchev–Trinajstić information content (AvgIpc) is 3.31. The van der Waals surface area contributed by atoms with Crippen LogP contribution in [-0.4, -0.2) is 35.7 Å². The summed E-state index contributed by atoms with van der Waals surface area (Å²) >= 11 is 0. The number of imidazole rings is 1. The molecule has 0 amide bonds. The summed E-state index contributed by atoms with van der Waals surface area (Å²) in [7, 11) is 0. The fourth-order valence-corrected chi connectivity index (χ4v) is 2.90. The number of aromatic nitrogens is 6. The third-order valence-electron chi connectivity index (χ3n) is 4.30. The summed E-state index contributed by atoms with van der Waals surface area (Å²) in [4.78, 5) is 13.1. The van der Waals surface area contributed by atoms with Crippen molar-refractivity contribution in [1.29, 1.82) is 0 Å². The van der Waals surface area contributed by atoms with Crippen LogP contribution >= 0.6 is 0 Å². The predicted octanol–water partition coefficient (Wildman–Crippen LogP) is 3.22. The van der Waals surface area contributed by atoms with Gasteiger partial charge >= 0.3 is 0 Å². The Bertz CT molecular complexity index is 1000. The largest absolute Gasteiger partial charge is 0.368 e. The van der Waals surface area contributed by atoms with Crippen molar-refractivity contribution in [3.8, 4) is 11.3 Å². The molecule has 132 valence electrons. The molecular weight excluding hydrogens is 326 g/mol. The van der Waals surface area contributed by atoms with E-state index in [-0.39, 0.29) is 0 Å². The van der Waals surface area contributed by atoms with Crippen molar-refractivity contribution in [2.45, 2.75) is 26.3 Å². The van der Waals surface area contributed by atoms with Crippen LogP contribution in [0.1, 0.15) is 25.5 Å². The molecule has 0 aliphatic rings. The quantitative estimate of drug-likeness (QED) is 0.580. The Morgan fingerprint density at radius 2 is 2.00 bits per heavy atom. The van der Waals surface area contributed by atoms with Crippen molar-refractivity contribution in [3.05, 3.63) is 60.9 Å². The normalized spacial score (nSPS) is 11.3. The van der Waals surface area contributed by atoms with Gasteiger partial charge in [0.1, 0.15) is 12.1 Å². The third-order valence-corrected chi connectivity index (χ3v) is 4.30. The molecule has 0 saturated heterocycles. The van der Waals surface area contributed by atoms with E-state index < -0.39 is 0 Å². The number of rotatable bonds is 6. The molecule has 0 spiro atoms. The van der Waals surface area contributed by atoms with Gasteiger partial charge in [-0.3, -0.25) is 0 Å². The van der Waals surface area contributed by atoms with Gasteiger partial charge in [-0.25, -0.2) is 9.97 Å². The maximum atomic E-state index is 4.54. The number of anilines is 1. The molecule has 0 unspecified atom stereocenters. The van der Waals surface area contributed by atoms with Crippen LogP contribution in [0.15, 0.2) is 55.2 Å². The van der Waals surface area contributed by atoms with Crippen LogP contribution in [0.3, 0.4) is 0 Å². The zero-order valence-electron chi connectivity index (χ0n) is 14.9. The minimum atomic E-state index is 0.329. The summed E-state index contributed by atoms with van der Waals surface area (Å²) in [5, 5.41) is 7.72. The summed E-state index contributed by atoms with van der Waals surface area (Å²) in [6.45, 7) is 5.78. The molecule has 1 aromatic carbocycles. The molecule has 1 N–H and O–H groups in total. The summed E-state index contributed by atoms with van der Waals surface area (Å²) in [5.74, 6) is 1.85. The lowest BCUT2D eigenvalue weighted by molar-refractivity contribution is 0.726. The lowest BCUT2D eigenvalue weighted by atomic mass is 10.1. The minimum absolute atomic E-state index is 0.329. The molecule has 0 atom stereocenters. The number of benzene rings is 1. The Balaban J connectivity index is 1.52. The van der Waals surface area contributed by atoms with E-state index in [9.17, 15) is 0 Å². The maximum Gasteiger partial charge on any atom is 0.254 e. The summed E-state index contributed by atoms with van der Waals surface area (Å²) in [6.07, 6.45) is 5.29. The first-order chi connectivity index (χ1) is 12.7. The number of hydrogen-bond acceptors (Lipinski definition) is 5. The van der Waals surface area contributed by atoms with Gasteiger partial charge in [0, 0.05) is 19.2 Å². The highest BCUT2D eigenvalue weighted by atomic mass is 15.4. The standard InChI is InChI=1S/C19H21N7/c1-14(2)16-10-18(26-19(24-16)22-12-23-26)21-8-9-25-13-20-11-17(25)15-6-4-3-5-7-15/h3-7,10-14,21H,8-9H2,1-2H3. The zero-order valence-corrected chi connectivity index (χ0v) is 14.9. The third kappa shape index (κ3) is 3.15. The molecule has 4 rings (SSSR count). The second kappa shape index (κ2) is 6.95. The molecule has 26 heavy (non-hydrogen) atoms. The van der Waals surface area contributed by atoms with Gasteiger partial charge in [0.05, 0.1) is 23.9 Å². The van der Waals surface area contributed by atoms with Gasteiger partial charge in [0.2, 0.25) is 0 Å². The first kappa shape index (κ1) is 16.3. The topological polar surface area (TPSA) is 72.9 Å². The molecule has 0 fully saturated rings. The number of nitrogens with one attached hydrogen (secondary N) is 1. The highest BCUT2D eigenvalue weighted by molar-refractivity contribution is 5.58. The van der Waals surface area contributed by atoms with Crippen LogP contribution in [-0.2, 0) is 6.54 Å². The molecule has 0 aliphatic carbocycles. The van der Waals surface area contributed by atoms with E-state index >= 15 is 0 Å². The van der Waals surface area contributed by atoms with Gasteiger partial charge < -0.3 is 9.88 Å². The van der Waals surface area contributed by atoms with E-state index in [1.165, 1.54) is 6.33 Å². The smallest absolute Gasteiger partial charge is 0.254 e. The first-order valence-electron chi connectivity index (χ1n) is 8.72. The molecule has 0 bridgehead atoms. The van der Waals surface area contributed by atoms with Crippen molar-refractivity contribution in [1.82, 2.24) is 29.1 Å². The summed E-state index contributed by atoms with van der Waals surface area (Å²) in [5.41, 5.74) is 3.27. The van der Waals surface area contributed by atoms with E-state index in [2.05, 4.69) is 55.9 Å². The van der Waals surface area contributed by atoms with Gasteiger partial charge in [0.15, 0.2) is 0 Å². The number of fused-ring (bicyclic) bond motifs is 1. The second-order valence-corrected chi connectivity index (χ2v) is 6.46. The van der Waals surface area contributed by atoms with E-state index in [0.29, 0.717) is 11.7 Å². The number of hydrogen-bond donors (Lipinski definition) is 1. The van der Waals surface area contributed by atoms with Gasteiger partial charge in [-0.05, 0) is 11.5 Å². The minimum Gasteiger partial charge on any atom is -0.368 e. The van der Waals surface area contributed by atoms with Crippen molar-refractivity contribution in [2.24, 2.45) is 0 Å². The van der Waals surface area contributed by atoms with Crippen LogP contribution in [0.2, 0.25) is 0 Å². The van der Waals surface area contributed by atoms with Gasteiger partial charge in [-0.1, -0.05) is 44.2 Å². The Labute approximate surface area is 151 Å². The van der Waals surface area contributed by atoms with Crippen molar-refractivity contribution in [3.63, 3.8) is 0 Å². The van der Waals surface area contributed by atoms with Crippen LogP contribution < -0.4 is 5.32 Å². The van der Waals surface area contributed by atoms with E-state index in [0.717, 1.165) is 35.9 Å². The fraction of sp³-hybridized carbons (Fsp3) is 0.263. The molecule has 3 aromatic heterocycles. The Hall–Kier alpha value is -3.22. The molecule has 0 aliphatic heterocycles. The molecule has 3 heterocycles. The van der Waals surface area contributed by atoms with E-state index in [1.807, 2.05) is 36.8 Å².